The van der Waals surface area contributed by atoms with Crippen LogP contribution in [0.2, 0.25) is 0 Å². The zero-order valence-electron chi connectivity index (χ0n) is 10.1. The average molecular weight is 350 g/mol. The third-order valence-electron chi connectivity index (χ3n) is 2.77. The topological polar surface area (TPSA) is 64.8 Å². The van der Waals surface area contributed by atoms with E-state index in [2.05, 4.69) is 26.2 Å². The average Bonchev–Trinajstić information content (AvgIpc) is 2.89. The summed E-state index contributed by atoms with van der Waals surface area (Å²) in [5.41, 5.74) is 0.222. The zero-order valence-corrected chi connectivity index (χ0v) is 12.5. The van der Waals surface area contributed by atoms with Crippen molar-refractivity contribution < 1.29 is 4.79 Å². The van der Waals surface area contributed by atoms with Gasteiger partial charge in [0.05, 0.1) is 14.0 Å². The van der Waals surface area contributed by atoms with Crippen LogP contribution in [-0.4, -0.2) is 20.8 Å². The molecule has 2 aromatic heterocycles. The Kier molecular flexibility index (Phi) is 3.45. The first kappa shape index (κ1) is 13.1. The fourth-order valence-corrected chi connectivity index (χ4v) is 3.12. The van der Waals surface area contributed by atoms with E-state index in [1.807, 2.05) is 0 Å². The SMILES string of the molecule is O=C(Cn1nnc2ccccc2c1=O)c1ccc(Br)s1. The summed E-state index contributed by atoms with van der Waals surface area (Å²) in [6.45, 7) is -0.108. The summed E-state index contributed by atoms with van der Waals surface area (Å²) in [7, 11) is 0. The van der Waals surface area contributed by atoms with Crippen molar-refractivity contribution in [3.8, 4) is 0 Å². The smallest absolute Gasteiger partial charge is 0.278 e. The maximum absolute atomic E-state index is 12.2. The van der Waals surface area contributed by atoms with Gasteiger partial charge in [-0.2, -0.15) is 0 Å². The van der Waals surface area contributed by atoms with Crippen LogP contribution in [0.25, 0.3) is 10.9 Å². The van der Waals surface area contributed by atoms with Gasteiger partial charge in [-0.05, 0) is 40.2 Å². The van der Waals surface area contributed by atoms with E-state index in [-0.39, 0.29) is 17.9 Å². The molecule has 0 radical (unpaired) electrons. The van der Waals surface area contributed by atoms with Gasteiger partial charge in [-0.25, -0.2) is 4.68 Å². The van der Waals surface area contributed by atoms with Gasteiger partial charge in [0.1, 0.15) is 12.1 Å². The zero-order chi connectivity index (χ0) is 14.1. The van der Waals surface area contributed by atoms with Crippen molar-refractivity contribution in [1.29, 1.82) is 0 Å². The fourth-order valence-electron chi connectivity index (χ4n) is 1.81. The highest BCUT2D eigenvalue weighted by Crippen LogP contribution is 2.22. The van der Waals surface area contributed by atoms with Crippen LogP contribution in [-0.2, 0) is 6.54 Å². The van der Waals surface area contributed by atoms with Gasteiger partial charge in [-0.1, -0.05) is 17.3 Å². The number of nitrogens with zero attached hydrogens (tertiary/aromatic N) is 3. The van der Waals surface area contributed by atoms with E-state index >= 15 is 0 Å². The number of fused-ring (bicyclic) bond motifs is 1. The van der Waals surface area contributed by atoms with E-state index < -0.39 is 0 Å². The van der Waals surface area contributed by atoms with Gasteiger partial charge < -0.3 is 0 Å². The maximum Gasteiger partial charge on any atom is 0.278 e. The lowest BCUT2D eigenvalue weighted by Crippen LogP contribution is -2.27. The molecule has 0 aliphatic rings. The van der Waals surface area contributed by atoms with Gasteiger partial charge in [0.25, 0.3) is 5.56 Å². The van der Waals surface area contributed by atoms with Gasteiger partial charge in [-0.15, -0.1) is 16.4 Å². The van der Waals surface area contributed by atoms with Crippen LogP contribution in [0, 0.1) is 0 Å². The molecular formula is C13H8BrN3O2S. The summed E-state index contributed by atoms with van der Waals surface area (Å²) in [5, 5.41) is 8.21. The molecule has 0 fully saturated rings. The minimum absolute atomic E-state index is 0.108. The number of rotatable bonds is 3. The molecule has 5 nitrogen and oxygen atoms in total. The molecule has 1 aromatic carbocycles. The van der Waals surface area contributed by atoms with E-state index in [0.29, 0.717) is 15.8 Å². The van der Waals surface area contributed by atoms with Crippen LogP contribution in [0.1, 0.15) is 9.67 Å². The van der Waals surface area contributed by atoms with Gasteiger partial charge in [0.2, 0.25) is 0 Å². The first-order valence-corrected chi connectivity index (χ1v) is 7.37. The molecule has 100 valence electrons. The van der Waals surface area contributed by atoms with E-state index in [1.54, 1.807) is 36.4 Å². The van der Waals surface area contributed by atoms with Crippen LogP contribution >= 0.6 is 27.3 Å². The van der Waals surface area contributed by atoms with Crippen molar-refractivity contribution in [2.24, 2.45) is 0 Å². The first-order chi connectivity index (χ1) is 9.65. The van der Waals surface area contributed by atoms with E-state index in [0.717, 1.165) is 8.47 Å². The highest BCUT2D eigenvalue weighted by molar-refractivity contribution is 9.11. The van der Waals surface area contributed by atoms with Gasteiger partial charge in [0, 0.05) is 0 Å². The number of hydrogen-bond donors (Lipinski definition) is 0. The summed E-state index contributed by atoms with van der Waals surface area (Å²) in [6, 6.07) is 10.5. The number of hydrogen-bond acceptors (Lipinski definition) is 5. The summed E-state index contributed by atoms with van der Waals surface area (Å²) >= 11 is 4.63. The molecule has 0 N–H and O–H groups in total. The predicted octanol–water partition coefficient (Wildman–Crippen LogP) is 2.50. The Morgan fingerprint density at radius 1 is 1.25 bits per heavy atom. The Morgan fingerprint density at radius 2 is 2.05 bits per heavy atom. The molecule has 0 unspecified atom stereocenters. The molecule has 7 heteroatoms. The minimum Gasteiger partial charge on any atom is -0.291 e. The summed E-state index contributed by atoms with van der Waals surface area (Å²) < 4.78 is 1.97. The molecule has 0 bridgehead atoms. The summed E-state index contributed by atoms with van der Waals surface area (Å²) in [6.07, 6.45) is 0. The van der Waals surface area contributed by atoms with Crippen molar-refractivity contribution >= 4 is 44.0 Å². The van der Waals surface area contributed by atoms with Crippen LogP contribution in [0.15, 0.2) is 45.0 Å². The number of ketones is 1. The van der Waals surface area contributed by atoms with Crippen LogP contribution in [0.4, 0.5) is 0 Å². The standard InChI is InChI=1S/C13H8BrN3O2S/c14-12-6-5-11(20-12)10(18)7-17-13(19)8-3-1-2-4-9(8)15-16-17/h1-6H,7H2. The highest BCUT2D eigenvalue weighted by Gasteiger charge is 2.12. The first-order valence-electron chi connectivity index (χ1n) is 5.76. The highest BCUT2D eigenvalue weighted by atomic mass is 79.9. The van der Waals surface area contributed by atoms with Gasteiger partial charge >= 0.3 is 0 Å². The number of Topliss-reactive ketones (excluding diaryl/α,β-unsaturated/α-hetero) is 1. The molecular weight excluding hydrogens is 342 g/mol. The van der Waals surface area contributed by atoms with Crippen LogP contribution in [0.3, 0.4) is 0 Å². The van der Waals surface area contributed by atoms with Gasteiger partial charge in [-0.3, -0.25) is 9.59 Å². The lowest BCUT2D eigenvalue weighted by molar-refractivity contribution is 0.0968. The largest absolute Gasteiger partial charge is 0.291 e. The molecule has 2 heterocycles. The molecule has 3 rings (SSSR count). The molecule has 3 aromatic rings. The Morgan fingerprint density at radius 3 is 2.80 bits per heavy atom. The fraction of sp³-hybridized carbons (Fsp3) is 0.0769. The molecule has 0 aliphatic heterocycles. The number of aromatic nitrogens is 3. The van der Waals surface area contributed by atoms with Crippen molar-refractivity contribution in [1.82, 2.24) is 15.0 Å². The van der Waals surface area contributed by atoms with E-state index in [9.17, 15) is 9.59 Å². The maximum atomic E-state index is 12.2. The van der Waals surface area contributed by atoms with E-state index in [1.165, 1.54) is 11.3 Å². The molecule has 0 spiro atoms. The second-order valence-corrected chi connectivity index (χ2v) is 6.56. The van der Waals surface area contributed by atoms with E-state index in [4.69, 9.17) is 0 Å². The molecule has 0 saturated carbocycles. The monoisotopic (exact) mass is 349 g/mol. The molecule has 0 atom stereocenters. The second-order valence-electron chi connectivity index (χ2n) is 4.10. The Labute approximate surface area is 126 Å². The quantitative estimate of drug-likeness (QED) is 0.681. The number of carbonyl (C=O) groups excluding carboxylic acids is 1. The van der Waals surface area contributed by atoms with Crippen molar-refractivity contribution in [3.05, 3.63) is 55.4 Å². The molecule has 0 saturated heterocycles. The van der Waals surface area contributed by atoms with Crippen molar-refractivity contribution in [2.45, 2.75) is 6.54 Å². The lowest BCUT2D eigenvalue weighted by Gasteiger charge is -2.02. The number of halogens is 1. The summed E-state index contributed by atoms with van der Waals surface area (Å²) in [5.74, 6) is -0.160. The second kappa shape index (κ2) is 5.26. The summed E-state index contributed by atoms with van der Waals surface area (Å²) in [4.78, 5) is 24.9. The molecule has 20 heavy (non-hydrogen) atoms. The normalized spacial score (nSPS) is 10.8. The Balaban J connectivity index is 1.97. The number of carbonyl (C=O) groups is 1. The Bertz CT molecular complexity index is 856. The van der Waals surface area contributed by atoms with Crippen LogP contribution in [0.5, 0.6) is 0 Å². The Hall–Kier alpha value is -1.86. The predicted molar refractivity (Wildman–Crippen MR) is 80.1 cm³/mol. The molecule has 0 amide bonds. The van der Waals surface area contributed by atoms with Crippen molar-refractivity contribution in [2.75, 3.05) is 0 Å². The van der Waals surface area contributed by atoms with Crippen LogP contribution < -0.4 is 5.56 Å². The number of thiophene rings is 1. The minimum atomic E-state index is -0.306. The van der Waals surface area contributed by atoms with Gasteiger partial charge in [0.15, 0.2) is 5.78 Å². The van der Waals surface area contributed by atoms with Crippen molar-refractivity contribution in [3.63, 3.8) is 0 Å². The third-order valence-corrected chi connectivity index (χ3v) is 4.44. The third kappa shape index (κ3) is 2.41. The lowest BCUT2D eigenvalue weighted by atomic mass is 10.2. The molecule has 0 aliphatic carbocycles. The number of benzene rings is 1.